The first-order valence-corrected chi connectivity index (χ1v) is 11.3. The van der Waals surface area contributed by atoms with Crippen molar-refractivity contribution in [2.24, 2.45) is 0 Å². The number of nitrogens with zero attached hydrogens (tertiary/aromatic N) is 3. The maximum absolute atomic E-state index is 13.0. The highest BCUT2D eigenvalue weighted by molar-refractivity contribution is 7.89. The van der Waals surface area contributed by atoms with E-state index in [0.717, 1.165) is 28.5 Å². The van der Waals surface area contributed by atoms with Gasteiger partial charge in [0.05, 0.1) is 23.3 Å². The summed E-state index contributed by atoms with van der Waals surface area (Å²) in [6.07, 6.45) is 3.47. The van der Waals surface area contributed by atoms with E-state index in [1.807, 2.05) is 24.4 Å². The number of morpholine rings is 1. The lowest BCUT2D eigenvalue weighted by atomic mass is 10.1. The Morgan fingerprint density at radius 1 is 1.12 bits per heavy atom. The molecule has 2 aliphatic rings. The van der Waals surface area contributed by atoms with Crippen LogP contribution >= 0.6 is 11.3 Å². The summed E-state index contributed by atoms with van der Waals surface area (Å²) in [6, 6.07) is 10.2. The zero-order valence-electron chi connectivity index (χ0n) is 14.6. The van der Waals surface area contributed by atoms with Gasteiger partial charge in [-0.15, -0.1) is 0 Å². The van der Waals surface area contributed by atoms with Crippen molar-refractivity contribution in [2.45, 2.75) is 18.1 Å². The lowest BCUT2D eigenvalue weighted by molar-refractivity contribution is 0.0725. The molecule has 3 heterocycles. The number of rotatable bonds is 4. The van der Waals surface area contributed by atoms with Crippen molar-refractivity contribution in [3.8, 4) is 10.4 Å². The van der Waals surface area contributed by atoms with Crippen LogP contribution in [0.2, 0.25) is 0 Å². The standard InChI is InChI=1S/C18H23N3O3S2/c22-26(23,21-9-11-24-12-10-21)16-7-4-8-20(14-16)18-19-13-17(25-18)15-5-2-1-3-6-15/h1-3,5-6,13,16H,4,7-12,14H2. The first-order valence-electron chi connectivity index (χ1n) is 8.97. The Kier molecular flexibility index (Phi) is 5.26. The van der Waals surface area contributed by atoms with Crippen LogP contribution in [0.3, 0.4) is 0 Å². The van der Waals surface area contributed by atoms with Crippen molar-refractivity contribution in [2.75, 3.05) is 44.3 Å². The normalized spacial score (nSPS) is 22.5. The van der Waals surface area contributed by atoms with Crippen LogP contribution in [0.15, 0.2) is 36.5 Å². The molecule has 2 aromatic rings. The zero-order chi connectivity index (χ0) is 18.0. The number of aromatic nitrogens is 1. The minimum absolute atomic E-state index is 0.363. The first-order chi connectivity index (χ1) is 12.6. The van der Waals surface area contributed by atoms with E-state index in [4.69, 9.17) is 4.74 Å². The molecule has 4 rings (SSSR count). The van der Waals surface area contributed by atoms with Crippen LogP contribution in [0, 0.1) is 0 Å². The van der Waals surface area contributed by atoms with E-state index in [1.54, 1.807) is 15.6 Å². The number of thiazole rings is 1. The molecule has 0 spiro atoms. The molecule has 1 aromatic carbocycles. The van der Waals surface area contributed by atoms with Gasteiger partial charge in [0.1, 0.15) is 0 Å². The van der Waals surface area contributed by atoms with E-state index < -0.39 is 10.0 Å². The Bertz CT molecular complexity index is 832. The average molecular weight is 394 g/mol. The van der Waals surface area contributed by atoms with Crippen LogP contribution in [0.1, 0.15) is 12.8 Å². The molecule has 0 aliphatic carbocycles. The van der Waals surface area contributed by atoms with Crippen molar-refractivity contribution in [3.63, 3.8) is 0 Å². The molecule has 140 valence electrons. The lowest BCUT2D eigenvalue weighted by Gasteiger charge is -2.36. The number of piperidine rings is 1. The summed E-state index contributed by atoms with van der Waals surface area (Å²) in [5, 5.41) is 0.546. The molecule has 0 radical (unpaired) electrons. The third-order valence-corrected chi connectivity index (χ3v) is 8.37. The van der Waals surface area contributed by atoms with Crippen LogP contribution in [-0.4, -0.2) is 62.3 Å². The maximum Gasteiger partial charge on any atom is 0.218 e. The quantitative estimate of drug-likeness (QED) is 0.798. The molecule has 0 amide bonds. The summed E-state index contributed by atoms with van der Waals surface area (Å²) in [6.45, 7) is 3.28. The summed E-state index contributed by atoms with van der Waals surface area (Å²) in [7, 11) is -3.28. The molecule has 6 nitrogen and oxygen atoms in total. The van der Waals surface area contributed by atoms with Crippen molar-refractivity contribution < 1.29 is 13.2 Å². The number of sulfonamides is 1. The summed E-state index contributed by atoms with van der Waals surface area (Å²) < 4.78 is 32.8. The predicted molar refractivity (Wildman–Crippen MR) is 104 cm³/mol. The molecule has 0 saturated carbocycles. The predicted octanol–water partition coefficient (Wildman–Crippen LogP) is 2.44. The topological polar surface area (TPSA) is 62.7 Å². The minimum atomic E-state index is -3.28. The molecule has 2 saturated heterocycles. The number of hydrogen-bond donors (Lipinski definition) is 0. The molecule has 2 aliphatic heterocycles. The third-order valence-electron chi connectivity index (χ3n) is 4.95. The third kappa shape index (κ3) is 3.64. The number of benzene rings is 1. The van der Waals surface area contributed by atoms with Gasteiger partial charge in [0.15, 0.2) is 5.13 Å². The van der Waals surface area contributed by atoms with Crippen molar-refractivity contribution in [1.29, 1.82) is 0 Å². The van der Waals surface area contributed by atoms with E-state index in [-0.39, 0.29) is 5.25 Å². The molecule has 26 heavy (non-hydrogen) atoms. The minimum Gasteiger partial charge on any atom is -0.379 e. The van der Waals surface area contributed by atoms with Crippen LogP contribution < -0.4 is 4.90 Å². The van der Waals surface area contributed by atoms with Gasteiger partial charge in [-0.25, -0.2) is 13.4 Å². The Balaban J connectivity index is 1.49. The molecule has 8 heteroatoms. The van der Waals surface area contributed by atoms with Gasteiger partial charge in [0.25, 0.3) is 0 Å². The molecule has 0 N–H and O–H groups in total. The fraction of sp³-hybridized carbons (Fsp3) is 0.500. The van der Waals surface area contributed by atoms with Gasteiger partial charge in [-0.3, -0.25) is 0 Å². The molecule has 1 aromatic heterocycles. The SMILES string of the molecule is O=S(=O)(C1CCCN(c2ncc(-c3ccccc3)s2)C1)N1CCOCC1. The van der Waals surface area contributed by atoms with Gasteiger partial charge in [-0.2, -0.15) is 4.31 Å². The summed E-state index contributed by atoms with van der Waals surface area (Å²) in [5.41, 5.74) is 1.14. The van der Waals surface area contributed by atoms with Gasteiger partial charge in [-0.1, -0.05) is 41.7 Å². The van der Waals surface area contributed by atoms with Crippen molar-refractivity contribution >= 4 is 26.5 Å². The number of ether oxygens (including phenoxy) is 1. The molecule has 0 bridgehead atoms. The van der Waals surface area contributed by atoms with Crippen molar-refractivity contribution in [1.82, 2.24) is 9.29 Å². The monoisotopic (exact) mass is 393 g/mol. The van der Waals surface area contributed by atoms with E-state index in [2.05, 4.69) is 22.0 Å². The second kappa shape index (κ2) is 7.64. The second-order valence-corrected chi connectivity index (χ2v) is 9.86. The van der Waals surface area contributed by atoms with Gasteiger partial charge in [0, 0.05) is 32.4 Å². The highest BCUT2D eigenvalue weighted by Gasteiger charge is 2.36. The highest BCUT2D eigenvalue weighted by Crippen LogP contribution is 2.33. The van der Waals surface area contributed by atoms with Gasteiger partial charge < -0.3 is 9.64 Å². The van der Waals surface area contributed by atoms with Crippen LogP contribution in [0.25, 0.3) is 10.4 Å². The van der Waals surface area contributed by atoms with E-state index in [1.165, 1.54) is 0 Å². The van der Waals surface area contributed by atoms with E-state index in [9.17, 15) is 8.42 Å². The number of anilines is 1. The Morgan fingerprint density at radius 3 is 2.65 bits per heavy atom. The van der Waals surface area contributed by atoms with Crippen LogP contribution in [0.4, 0.5) is 5.13 Å². The first kappa shape index (κ1) is 17.9. The Hall–Kier alpha value is -1.48. The van der Waals surface area contributed by atoms with Crippen LogP contribution in [0.5, 0.6) is 0 Å². The van der Waals surface area contributed by atoms with Gasteiger partial charge in [0.2, 0.25) is 10.0 Å². The van der Waals surface area contributed by atoms with Crippen molar-refractivity contribution in [3.05, 3.63) is 36.5 Å². The maximum atomic E-state index is 13.0. The van der Waals surface area contributed by atoms with Gasteiger partial charge in [-0.05, 0) is 18.4 Å². The largest absolute Gasteiger partial charge is 0.379 e. The molecular formula is C18H23N3O3S2. The smallest absolute Gasteiger partial charge is 0.218 e. The average Bonchev–Trinajstić information content (AvgIpc) is 3.20. The molecular weight excluding hydrogens is 370 g/mol. The fourth-order valence-corrected chi connectivity index (χ4v) is 6.38. The highest BCUT2D eigenvalue weighted by atomic mass is 32.2. The zero-order valence-corrected chi connectivity index (χ0v) is 16.2. The Morgan fingerprint density at radius 2 is 1.88 bits per heavy atom. The summed E-state index contributed by atoms with van der Waals surface area (Å²) in [4.78, 5) is 7.80. The van der Waals surface area contributed by atoms with Crippen LogP contribution in [-0.2, 0) is 14.8 Å². The van der Waals surface area contributed by atoms with E-state index >= 15 is 0 Å². The number of hydrogen-bond acceptors (Lipinski definition) is 6. The second-order valence-electron chi connectivity index (χ2n) is 6.64. The summed E-state index contributed by atoms with van der Waals surface area (Å²) >= 11 is 1.63. The fourth-order valence-electron chi connectivity index (χ4n) is 3.51. The molecule has 1 atom stereocenters. The molecule has 1 unspecified atom stereocenters. The molecule has 2 fully saturated rings. The Labute approximate surface area is 158 Å². The lowest BCUT2D eigenvalue weighted by Crippen LogP contribution is -2.50. The summed E-state index contributed by atoms with van der Waals surface area (Å²) in [5.74, 6) is 0. The van der Waals surface area contributed by atoms with E-state index in [0.29, 0.717) is 39.3 Å². The van der Waals surface area contributed by atoms with Gasteiger partial charge >= 0.3 is 0 Å².